The first kappa shape index (κ1) is 29.1. The van der Waals surface area contributed by atoms with Crippen LogP contribution in [-0.4, -0.2) is 9.97 Å². The summed E-state index contributed by atoms with van der Waals surface area (Å²) in [6.07, 6.45) is 0. The minimum absolute atomic E-state index is 0.884. The van der Waals surface area contributed by atoms with Crippen LogP contribution in [-0.2, 0) is 0 Å². The zero-order valence-corrected chi connectivity index (χ0v) is 27.6. The Hall–Kier alpha value is -6.84. The smallest absolute Gasteiger partial charge is 0.143 e. The van der Waals surface area contributed by atoms with E-state index in [0.29, 0.717) is 0 Å². The second-order valence-electron chi connectivity index (χ2n) is 12.9. The van der Waals surface area contributed by atoms with Gasteiger partial charge in [0, 0.05) is 38.2 Å². The molecule has 0 saturated heterocycles. The highest BCUT2D eigenvalue weighted by molar-refractivity contribution is 6.13. The molecule has 3 heteroatoms. The summed E-state index contributed by atoms with van der Waals surface area (Å²) in [5.41, 5.74) is 14.2. The standard InChI is InChI=1S/C48H30N2O/c1-4-13-31(14-5-1)41-29-43(34-17-8-3-9-18-34)49-46-38(41)27-28-39-42(32-15-6-2-7-16-32)30-44(50-47(39)46)35-25-23-33(24-26-35)36-20-12-21-40-37-19-10-11-22-45(37)51-48(36)40/h1-30H. The van der Waals surface area contributed by atoms with Crippen LogP contribution < -0.4 is 0 Å². The number of para-hydroxylation sites is 2. The topological polar surface area (TPSA) is 38.9 Å². The first-order valence-electron chi connectivity index (χ1n) is 17.2. The molecule has 0 unspecified atom stereocenters. The van der Waals surface area contributed by atoms with E-state index in [2.05, 4.69) is 164 Å². The van der Waals surface area contributed by atoms with Crippen LogP contribution in [0.2, 0.25) is 0 Å². The highest BCUT2D eigenvalue weighted by Gasteiger charge is 2.18. The number of benzene rings is 7. The SMILES string of the molecule is c1ccc(-c2cc(-c3ccccc3)c3ccc4c(-c5ccccc5)cc(-c5ccc(-c6cccc7c6oc6ccccc67)cc5)nc4c3n2)cc1. The number of fused-ring (bicyclic) bond motifs is 6. The molecule has 3 aromatic heterocycles. The fourth-order valence-corrected chi connectivity index (χ4v) is 7.39. The maximum atomic E-state index is 6.37. The van der Waals surface area contributed by atoms with Crippen molar-refractivity contribution in [3.8, 4) is 55.9 Å². The number of hydrogen-bond acceptors (Lipinski definition) is 3. The largest absolute Gasteiger partial charge is 0.455 e. The van der Waals surface area contributed by atoms with Crippen LogP contribution in [0.25, 0.3) is 99.6 Å². The van der Waals surface area contributed by atoms with Gasteiger partial charge in [-0.2, -0.15) is 0 Å². The molecule has 238 valence electrons. The summed E-state index contributed by atoms with van der Waals surface area (Å²) in [5, 5.41) is 4.40. The van der Waals surface area contributed by atoms with Gasteiger partial charge in [0.05, 0.1) is 22.4 Å². The van der Waals surface area contributed by atoms with E-state index in [4.69, 9.17) is 14.4 Å². The monoisotopic (exact) mass is 650 g/mol. The summed E-state index contributed by atoms with van der Waals surface area (Å²) in [5.74, 6) is 0. The van der Waals surface area contributed by atoms with Gasteiger partial charge in [-0.15, -0.1) is 0 Å². The Labute approximate surface area is 295 Å². The molecule has 0 atom stereocenters. The maximum absolute atomic E-state index is 6.37. The normalized spacial score (nSPS) is 11.5. The lowest BCUT2D eigenvalue weighted by Gasteiger charge is -2.15. The Bertz CT molecular complexity index is 2880. The van der Waals surface area contributed by atoms with Crippen LogP contribution in [0.1, 0.15) is 0 Å². The second kappa shape index (κ2) is 11.9. The summed E-state index contributed by atoms with van der Waals surface area (Å²) in [6, 6.07) is 63.7. The Morgan fingerprint density at radius 1 is 0.314 bits per heavy atom. The molecular formula is C48H30N2O. The lowest BCUT2D eigenvalue weighted by molar-refractivity contribution is 0.670. The Kier molecular flexibility index (Phi) is 6.81. The summed E-state index contributed by atoms with van der Waals surface area (Å²) in [4.78, 5) is 10.8. The van der Waals surface area contributed by atoms with Gasteiger partial charge in [0.2, 0.25) is 0 Å². The molecule has 3 nitrogen and oxygen atoms in total. The third-order valence-corrected chi connectivity index (χ3v) is 9.89. The van der Waals surface area contributed by atoms with Gasteiger partial charge >= 0.3 is 0 Å². The summed E-state index contributed by atoms with van der Waals surface area (Å²) >= 11 is 0. The van der Waals surface area contributed by atoms with Crippen molar-refractivity contribution in [2.75, 3.05) is 0 Å². The third kappa shape index (κ3) is 4.98. The number of rotatable bonds is 5. The molecule has 0 aliphatic heterocycles. The third-order valence-electron chi connectivity index (χ3n) is 9.89. The molecule has 7 aromatic carbocycles. The summed E-state index contributed by atoms with van der Waals surface area (Å²) in [7, 11) is 0. The van der Waals surface area contributed by atoms with Crippen LogP contribution >= 0.6 is 0 Å². The average Bonchev–Trinajstić information content (AvgIpc) is 3.60. The predicted molar refractivity (Wildman–Crippen MR) is 212 cm³/mol. The van der Waals surface area contributed by atoms with Gasteiger partial charge in [-0.1, -0.05) is 164 Å². The maximum Gasteiger partial charge on any atom is 0.143 e. The van der Waals surface area contributed by atoms with E-state index in [1.165, 1.54) is 0 Å². The van der Waals surface area contributed by atoms with Crippen LogP contribution in [0.5, 0.6) is 0 Å². The van der Waals surface area contributed by atoms with Crippen molar-refractivity contribution in [1.82, 2.24) is 9.97 Å². The number of furan rings is 1. The van der Waals surface area contributed by atoms with E-state index in [0.717, 1.165) is 99.6 Å². The number of hydrogen-bond donors (Lipinski definition) is 0. The van der Waals surface area contributed by atoms with Gasteiger partial charge in [-0.25, -0.2) is 9.97 Å². The van der Waals surface area contributed by atoms with Crippen LogP contribution in [0.4, 0.5) is 0 Å². The van der Waals surface area contributed by atoms with Gasteiger partial charge in [-0.3, -0.25) is 0 Å². The molecule has 10 aromatic rings. The fraction of sp³-hybridized carbons (Fsp3) is 0. The van der Waals surface area contributed by atoms with Gasteiger partial charge in [-0.05, 0) is 46.0 Å². The molecule has 0 bridgehead atoms. The van der Waals surface area contributed by atoms with E-state index in [-0.39, 0.29) is 0 Å². The molecule has 0 aliphatic rings. The fourth-order valence-electron chi connectivity index (χ4n) is 7.39. The van der Waals surface area contributed by atoms with Crippen molar-refractivity contribution in [2.45, 2.75) is 0 Å². The molecule has 10 rings (SSSR count). The molecule has 3 heterocycles. The first-order chi connectivity index (χ1) is 25.3. The van der Waals surface area contributed by atoms with Crippen molar-refractivity contribution in [2.24, 2.45) is 0 Å². The highest BCUT2D eigenvalue weighted by atomic mass is 16.3. The van der Waals surface area contributed by atoms with E-state index >= 15 is 0 Å². The first-order valence-corrected chi connectivity index (χ1v) is 17.2. The zero-order valence-electron chi connectivity index (χ0n) is 27.6. The minimum atomic E-state index is 0.884. The zero-order chi connectivity index (χ0) is 33.7. The summed E-state index contributed by atoms with van der Waals surface area (Å²) < 4.78 is 6.37. The molecule has 0 radical (unpaired) electrons. The second-order valence-corrected chi connectivity index (χ2v) is 12.9. The Morgan fingerprint density at radius 2 is 0.765 bits per heavy atom. The van der Waals surface area contributed by atoms with E-state index in [9.17, 15) is 0 Å². The Morgan fingerprint density at radius 3 is 1.35 bits per heavy atom. The minimum Gasteiger partial charge on any atom is -0.455 e. The van der Waals surface area contributed by atoms with Gasteiger partial charge in [0.15, 0.2) is 0 Å². The van der Waals surface area contributed by atoms with E-state index in [1.54, 1.807) is 0 Å². The van der Waals surface area contributed by atoms with Crippen molar-refractivity contribution in [3.63, 3.8) is 0 Å². The lowest BCUT2D eigenvalue weighted by atomic mass is 9.93. The van der Waals surface area contributed by atoms with Gasteiger partial charge < -0.3 is 4.42 Å². The van der Waals surface area contributed by atoms with E-state index in [1.807, 2.05) is 18.2 Å². The van der Waals surface area contributed by atoms with Gasteiger partial charge in [0.25, 0.3) is 0 Å². The van der Waals surface area contributed by atoms with Gasteiger partial charge in [0.1, 0.15) is 11.2 Å². The quantitative estimate of drug-likeness (QED) is 0.174. The number of nitrogens with zero attached hydrogens (tertiary/aromatic N) is 2. The predicted octanol–water partition coefficient (Wildman–Crippen LogP) is 13.0. The molecule has 51 heavy (non-hydrogen) atoms. The van der Waals surface area contributed by atoms with Crippen molar-refractivity contribution >= 4 is 43.7 Å². The van der Waals surface area contributed by atoms with Crippen LogP contribution in [0.3, 0.4) is 0 Å². The lowest BCUT2D eigenvalue weighted by Crippen LogP contribution is -1.95. The molecule has 0 spiro atoms. The molecule has 0 fully saturated rings. The molecule has 0 saturated carbocycles. The number of aromatic nitrogens is 2. The number of pyridine rings is 2. The highest BCUT2D eigenvalue weighted by Crippen LogP contribution is 2.40. The summed E-state index contributed by atoms with van der Waals surface area (Å²) in [6.45, 7) is 0. The van der Waals surface area contributed by atoms with Crippen molar-refractivity contribution < 1.29 is 4.42 Å². The van der Waals surface area contributed by atoms with Crippen LogP contribution in [0, 0.1) is 0 Å². The van der Waals surface area contributed by atoms with E-state index < -0.39 is 0 Å². The molecular weight excluding hydrogens is 621 g/mol. The van der Waals surface area contributed by atoms with Crippen molar-refractivity contribution in [1.29, 1.82) is 0 Å². The molecule has 0 amide bonds. The van der Waals surface area contributed by atoms with Crippen molar-refractivity contribution in [3.05, 3.63) is 182 Å². The average molecular weight is 651 g/mol. The Balaban J connectivity index is 1.20. The molecule has 0 N–H and O–H groups in total. The van der Waals surface area contributed by atoms with Crippen LogP contribution in [0.15, 0.2) is 186 Å². The molecule has 0 aliphatic carbocycles.